The molecule has 7 nitrogen and oxygen atoms in total. The molecule has 1 saturated carbocycles. The van der Waals surface area contributed by atoms with Gasteiger partial charge in [0.05, 0.1) is 24.3 Å². The molecule has 2 heterocycles. The topological polar surface area (TPSA) is 83.6 Å². The molecule has 2 aromatic rings. The van der Waals surface area contributed by atoms with Gasteiger partial charge in [0.2, 0.25) is 5.89 Å². The summed E-state index contributed by atoms with van der Waals surface area (Å²) in [5.41, 5.74) is 1.66. The monoisotopic (exact) mass is 367 g/mol. The molecular weight excluding hydrogens is 342 g/mol. The highest BCUT2D eigenvalue weighted by Crippen LogP contribution is 2.35. The molecule has 1 aromatic carbocycles. The highest BCUT2D eigenvalue weighted by atomic mass is 16.5. The van der Waals surface area contributed by atoms with E-state index >= 15 is 0 Å². The summed E-state index contributed by atoms with van der Waals surface area (Å²) in [6.45, 7) is 2.64. The summed E-state index contributed by atoms with van der Waals surface area (Å²) in [5, 5.41) is 13.7. The number of carbonyl (C=O) groups is 1. The lowest BCUT2D eigenvalue weighted by Gasteiger charge is -2.35. The molecule has 1 amide bonds. The Labute approximate surface area is 158 Å². The molecule has 1 N–H and O–H groups in total. The number of hydrogen-bond donors (Lipinski definition) is 1. The van der Waals surface area contributed by atoms with Crippen LogP contribution in [0.15, 0.2) is 40.0 Å². The van der Waals surface area contributed by atoms with Crippen LogP contribution in [0.3, 0.4) is 0 Å². The van der Waals surface area contributed by atoms with Gasteiger partial charge >= 0.3 is 0 Å². The second-order valence-corrected chi connectivity index (χ2v) is 7.31. The second-order valence-electron chi connectivity index (χ2n) is 7.31. The number of aryl methyl sites for hydroxylation is 1. The minimum absolute atomic E-state index is 0.0221. The van der Waals surface area contributed by atoms with Crippen molar-refractivity contribution in [3.63, 3.8) is 0 Å². The van der Waals surface area contributed by atoms with Crippen molar-refractivity contribution in [2.45, 2.75) is 51.0 Å². The van der Waals surface area contributed by atoms with Gasteiger partial charge in [0, 0.05) is 13.3 Å². The predicted octanol–water partition coefficient (Wildman–Crippen LogP) is 2.76. The molecule has 1 aromatic heterocycles. The first-order valence-electron chi connectivity index (χ1n) is 9.65. The zero-order chi connectivity index (χ0) is 18.7. The van der Waals surface area contributed by atoms with Crippen LogP contribution in [0.2, 0.25) is 0 Å². The molecule has 7 heteroatoms. The molecule has 27 heavy (non-hydrogen) atoms. The molecule has 0 atom stereocenters. The SMILES string of the molecule is Cc1nc(C2(NCC(=O)N3CCC(c4ccccc4)=N3)CCCCC2)no1. The van der Waals surface area contributed by atoms with Gasteiger partial charge in [0.25, 0.3) is 5.91 Å². The molecule has 1 fully saturated rings. The Morgan fingerprint density at radius 1 is 1.22 bits per heavy atom. The van der Waals surface area contributed by atoms with E-state index in [0.29, 0.717) is 18.3 Å². The quantitative estimate of drug-likeness (QED) is 0.878. The van der Waals surface area contributed by atoms with Gasteiger partial charge in [0.15, 0.2) is 5.82 Å². The average molecular weight is 367 g/mol. The van der Waals surface area contributed by atoms with Crippen molar-refractivity contribution >= 4 is 11.6 Å². The Kier molecular flexibility index (Phi) is 5.03. The van der Waals surface area contributed by atoms with Crippen LogP contribution in [-0.4, -0.2) is 39.9 Å². The van der Waals surface area contributed by atoms with Crippen molar-refractivity contribution in [1.82, 2.24) is 20.5 Å². The summed E-state index contributed by atoms with van der Waals surface area (Å²) in [5.74, 6) is 1.20. The molecule has 0 unspecified atom stereocenters. The highest BCUT2D eigenvalue weighted by molar-refractivity contribution is 6.02. The van der Waals surface area contributed by atoms with Gasteiger partial charge in [0.1, 0.15) is 0 Å². The van der Waals surface area contributed by atoms with Crippen LogP contribution >= 0.6 is 0 Å². The first kappa shape index (κ1) is 17.9. The average Bonchev–Trinajstić information content (AvgIpc) is 3.37. The summed E-state index contributed by atoms with van der Waals surface area (Å²) in [6.07, 6.45) is 6.00. The summed E-state index contributed by atoms with van der Waals surface area (Å²) < 4.78 is 5.19. The fourth-order valence-electron chi connectivity index (χ4n) is 3.94. The van der Waals surface area contributed by atoms with Gasteiger partial charge in [-0.2, -0.15) is 10.1 Å². The number of nitrogens with one attached hydrogen (secondary N) is 1. The van der Waals surface area contributed by atoms with E-state index in [-0.39, 0.29) is 18.0 Å². The zero-order valence-corrected chi connectivity index (χ0v) is 15.6. The molecule has 0 spiro atoms. The van der Waals surface area contributed by atoms with Crippen LogP contribution in [0.5, 0.6) is 0 Å². The van der Waals surface area contributed by atoms with Crippen LogP contribution in [-0.2, 0) is 10.3 Å². The highest BCUT2D eigenvalue weighted by Gasteiger charge is 2.38. The van der Waals surface area contributed by atoms with Crippen LogP contribution < -0.4 is 5.32 Å². The maximum absolute atomic E-state index is 12.7. The first-order valence-corrected chi connectivity index (χ1v) is 9.65. The van der Waals surface area contributed by atoms with Gasteiger partial charge in [-0.05, 0) is 18.4 Å². The van der Waals surface area contributed by atoms with Crippen molar-refractivity contribution < 1.29 is 9.32 Å². The van der Waals surface area contributed by atoms with Crippen molar-refractivity contribution in [1.29, 1.82) is 0 Å². The normalized spacial score (nSPS) is 19.1. The summed E-state index contributed by atoms with van der Waals surface area (Å²) in [7, 11) is 0. The van der Waals surface area contributed by atoms with Crippen LogP contribution in [0.25, 0.3) is 0 Å². The molecule has 1 aliphatic heterocycles. The minimum Gasteiger partial charge on any atom is -0.340 e. The Morgan fingerprint density at radius 2 is 2.00 bits per heavy atom. The lowest BCUT2D eigenvalue weighted by molar-refractivity contribution is -0.130. The number of rotatable bonds is 5. The van der Waals surface area contributed by atoms with Crippen LogP contribution in [0.1, 0.15) is 55.8 Å². The van der Waals surface area contributed by atoms with E-state index in [1.165, 1.54) is 6.42 Å². The van der Waals surface area contributed by atoms with E-state index in [1.54, 1.807) is 11.9 Å². The maximum Gasteiger partial charge on any atom is 0.256 e. The van der Waals surface area contributed by atoms with Crippen molar-refractivity contribution in [2.75, 3.05) is 13.1 Å². The molecule has 1 aliphatic carbocycles. The van der Waals surface area contributed by atoms with E-state index in [9.17, 15) is 4.79 Å². The fourth-order valence-corrected chi connectivity index (χ4v) is 3.94. The molecular formula is C20H25N5O2. The Morgan fingerprint density at radius 3 is 2.70 bits per heavy atom. The molecule has 0 radical (unpaired) electrons. The smallest absolute Gasteiger partial charge is 0.256 e. The Bertz CT molecular complexity index is 824. The van der Waals surface area contributed by atoms with Gasteiger partial charge in [-0.15, -0.1) is 0 Å². The van der Waals surface area contributed by atoms with Gasteiger partial charge in [-0.1, -0.05) is 54.8 Å². The third-order valence-corrected chi connectivity index (χ3v) is 5.44. The molecule has 4 rings (SSSR count). The number of nitrogens with zero attached hydrogens (tertiary/aromatic N) is 4. The van der Waals surface area contributed by atoms with Gasteiger partial charge < -0.3 is 4.52 Å². The lowest BCUT2D eigenvalue weighted by Crippen LogP contribution is -2.48. The third-order valence-electron chi connectivity index (χ3n) is 5.44. The molecule has 142 valence electrons. The number of carbonyl (C=O) groups excluding carboxylic acids is 1. The van der Waals surface area contributed by atoms with E-state index in [4.69, 9.17) is 4.52 Å². The summed E-state index contributed by atoms with van der Waals surface area (Å²) in [6, 6.07) is 10.0. The minimum atomic E-state index is -0.378. The molecule has 0 bridgehead atoms. The number of benzene rings is 1. The van der Waals surface area contributed by atoms with Gasteiger partial charge in [-0.3, -0.25) is 10.1 Å². The third kappa shape index (κ3) is 3.78. The van der Waals surface area contributed by atoms with E-state index < -0.39 is 0 Å². The van der Waals surface area contributed by atoms with Crippen LogP contribution in [0, 0.1) is 6.92 Å². The zero-order valence-electron chi connectivity index (χ0n) is 15.6. The molecule has 0 saturated heterocycles. The Balaban J connectivity index is 1.44. The summed E-state index contributed by atoms with van der Waals surface area (Å²) in [4.78, 5) is 17.2. The Hall–Kier alpha value is -2.54. The lowest BCUT2D eigenvalue weighted by atomic mass is 9.81. The van der Waals surface area contributed by atoms with E-state index in [0.717, 1.165) is 43.4 Å². The number of amides is 1. The standard InChI is InChI=1S/C20H25N5O2/c1-15-22-19(24-27-15)20(11-6-3-7-12-20)21-14-18(26)25-13-10-17(23-25)16-8-4-2-5-9-16/h2,4-5,8-9,21H,3,6-7,10-14H2,1H3. The van der Waals surface area contributed by atoms with Crippen LogP contribution in [0.4, 0.5) is 0 Å². The van der Waals surface area contributed by atoms with E-state index in [1.807, 2.05) is 30.3 Å². The molecule has 2 aliphatic rings. The van der Waals surface area contributed by atoms with Crippen molar-refractivity contribution in [2.24, 2.45) is 5.10 Å². The number of hydrogen-bond acceptors (Lipinski definition) is 6. The largest absolute Gasteiger partial charge is 0.340 e. The van der Waals surface area contributed by atoms with Gasteiger partial charge in [-0.25, -0.2) is 5.01 Å². The predicted molar refractivity (Wildman–Crippen MR) is 101 cm³/mol. The maximum atomic E-state index is 12.7. The number of aromatic nitrogens is 2. The fraction of sp³-hybridized carbons (Fsp3) is 0.500. The first-order chi connectivity index (χ1) is 13.2. The van der Waals surface area contributed by atoms with Crippen molar-refractivity contribution in [3.8, 4) is 0 Å². The second kappa shape index (κ2) is 7.60. The summed E-state index contributed by atoms with van der Waals surface area (Å²) >= 11 is 0. The number of hydrazone groups is 1. The van der Waals surface area contributed by atoms with E-state index in [2.05, 4.69) is 20.6 Å². The van der Waals surface area contributed by atoms with Crippen molar-refractivity contribution in [3.05, 3.63) is 47.6 Å².